The number of hydrogen-bond donors (Lipinski definition) is 0. The molecule has 1 unspecified atom stereocenters. The summed E-state index contributed by atoms with van der Waals surface area (Å²) in [7, 11) is 0. The standard InChI is InChI=1S/C31H35N7O2/c1-21-6-9-24(10-7-21)29-5-4-14-36(15-16-38(29)23(3)39)31(40)27-20-37(30-13-11-25(17-32)34-35-30)19-26(27)28-12-8-22(2)18-33-28/h6-13,18,26-27,29H,4-5,14-16,19-20H2,1-3H3/t26-,27?,29+/m1/s1. The Morgan fingerprint density at radius 1 is 0.925 bits per heavy atom. The largest absolute Gasteiger partial charge is 0.354 e. The van der Waals surface area contributed by atoms with Gasteiger partial charge in [-0.15, -0.1) is 10.2 Å². The fourth-order valence-electron chi connectivity index (χ4n) is 5.89. The number of anilines is 1. The molecule has 3 atom stereocenters. The Labute approximate surface area is 235 Å². The number of benzene rings is 1. The quantitative estimate of drug-likeness (QED) is 0.498. The van der Waals surface area contributed by atoms with Crippen LogP contribution in [0.3, 0.4) is 0 Å². The SMILES string of the molecule is CC(=O)N1CCN(C(=O)C2CN(c3ccc(C#N)nn3)C[C@H]2c2ccc(C)cn2)CCC[C@H]1c1ccc(C)cc1. The van der Waals surface area contributed by atoms with E-state index in [1.807, 2.05) is 41.1 Å². The van der Waals surface area contributed by atoms with E-state index in [1.54, 1.807) is 19.1 Å². The van der Waals surface area contributed by atoms with Crippen molar-refractivity contribution in [2.24, 2.45) is 5.92 Å². The highest BCUT2D eigenvalue weighted by Crippen LogP contribution is 2.36. The Bertz CT molecular complexity index is 1380. The molecule has 2 amide bonds. The van der Waals surface area contributed by atoms with Crippen molar-refractivity contribution >= 4 is 17.6 Å². The molecule has 2 saturated heterocycles. The van der Waals surface area contributed by atoms with Crippen molar-refractivity contribution in [1.82, 2.24) is 25.0 Å². The summed E-state index contributed by atoms with van der Waals surface area (Å²) in [5.41, 5.74) is 4.53. The Balaban J connectivity index is 1.37. The Morgan fingerprint density at radius 2 is 1.70 bits per heavy atom. The van der Waals surface area contributed by atoms with Gasteiger partial charge in [-0.1, -0.05) is 35.9 Å². The predicted octanol–water partition coefficient (Wildman–Crippen LogP) is 3.79. The third-order valence-corrected chi connectivity index (χ3v) is 8.11. The van der Waals surface area contributed by atoms with Crippen molar-refractivity contribution in [3.8, 4) is 6.07 Å². The number of aryl methyl sites for hydroxylation is 2. The second kappa shape index (κ2) is 11.8. The summed E-state index contributed by atoms with van der Waals surface area (Å²) in [5.74, 6) is 0.315. The first kappa shape index (κ1) is 27.3. The van der Waals surface area contributed by atoms with Gasteiger partial charge < -0.3 is 14.7 Å². The molecule has 2 aromatic heterocycles. The van der Waals surface area contributed by atoms with Crippen molar-refractivity contribution in [2.75, 3.05) is 37.6 Å². The molecule has 2 fully saturated rings. The van der Waals surface area contributed by atoms with E-state index in [0.717, 1.165) is 29.7 Å². The number of nitriles is 1. The molecule has 2 aliphatic heterocycles. The average Bonchev–Trinajstić information content (AvgIpc) is 3.39. The van der Waals surface area contributed by atoms with Crippen molar-refractivity contribution in [3.05, 3.63) is 82.8 Å². The van der Waals surface area contributed by atoms with Gasteiger partial charge in [-0.3, -0.25) is 14.6 Å². The summed E-state index contributed by atoms with van der Waals surface area (Å²) >= 11 is 0. The number of nitrogens with zero attached hydrogens (tertiary/aromatic N) is 7. The molecule has 3 aromatic rings. The minimum absolute atomic E-state index is 0.0109. The highest BCUT2D eigenvalue weighted by atomic mass is 16.2. The molecule has 0 saturated carbocycles. The maximum atomic E-state index is 14.1. The van der Waals surface area contributed by atoms with Crippen LogP contribution in [0.2, 0.25) is 0 Å². The van der Waals surface area contributed by atoms with Gasteiger partial charge in [0.05, 0.1) is 12.0 Å². The van der Waals surface area contributed by atoms with Crippen LogP contribution >= 0.6 is 0 Å². The molecule has 2 aliphatic rings. The maximum Gasteiger partial charge on any atom is 0.228 e. The van der Waals surface area contributed by atoms with Gasteiger partial charge in [0.1, 0.15) is 6.07 Å². The van der Waals surface area contributed by atoms with Crippen LogP contribution in [0.25, 0.3) is 0 Å². The lowest BCUT2D eigenvalue weighted by atomic mass is 9.90. The summed E-state index contributed by atoms with van der Waals surface area (Å²) in [6, 6.07) is 17.9. The first-order chi connectivity index (χ1) is 19.3. The van der Waals surface area contributed by atoms with Gasteiger partial charge in [0.25, 0.3) is 0 Å². The fourth-order valence-corrected chi connectivity index (χ4v) is 5.89. The summed E-state index contributed by atoms with van der Waals surface area (Å²) in [4.78, 5) is 37.5. The summed E-state index contributed by atoms with van der Waals surface area (Å²) in [5, 5.41) is 17.3. The Kier molecular flexibility index (Phi) is 8.06. The summed E-state index contributed by atoms with van der Waals surface area (Å²) in [6.07, 6.45) is 3.44. The zero-order valence-corrected chi connectivity index (χ0v) is 23.3. The monoisotopic (exact) mass is 537 g/mol. The minimum atomic E-state index is -0.314. The van der Waals surface area contributed by atoms with E-state index in [2.05, 4.69) is 51.3 Å². The van der Waals surface area contributed by atoms with E-state index in [1.165, 1.54) is 5.56 Å². The molecule has 0 spiro atoms. The molecule has 40 heavy (non-hydrogen) atoms. The van der Waals surface area contributed by atoms with Crippen molar-refractivity contribution in [1.29, 1.82) is 5.26 Å². The summed E-state index contributed by atoms with van der Waals surface area (Å²) in [6.45, 7) is 8.36. The number of amides is 2. The van der Waals surface area contributed by atoms with Gasteiger partial charge in [-0.2, -0.15) is 5.26 Å². The fraction of sp³-hybridized carbons (Fsp3) is 0.419. The maximum absolute atomic E-state index is 14.1. The molecule has 206 valence electrons. The third-order valence-electron chi connectivity index (χ3n) is 8.11. The van der Waals surface area contributed by atoms with E-state index < -0.39 is 0 Å². The van der Waals surface area contributed by atoms with E-state index in [9.17, 15) is 9.59 Å². The lowest BCUT2D eigenvalue weighted by Gasteiger charge is -2.38. The molecular weight excluding hydrogens is 502 g/mol. The lowest BCUT2D eigenvalue weighted by molar-refractivity contribution is -0.139. The smallest absolute Gasteiger partial charge is 0.228 e. The molecule has 4 heterocycles. The Hall–Kier alpha value is -4.32. The van der Waals surface area contributed by atoms with Gasteiger partial charge in [-0.25, -0.2) is 0 Å². The van der Waals surface area contributed by atoms with Gasteiger partial charge in [0.2, 0.25) is 11.8 Å². The van der Waals surface area contributed by atoms with Crippen molar-refractivity contribution in [2.45, 2.75) is 45.6 Å². The van der Waals surface area contributed by atoms with E-state index in [-0.39, 0.29) is 35.4 Å². The van der Waals surface area contributed by atoms with Gasteiger partial charge in [0, 0.05) is 57.5 Å². The van der Waals surface area contributed by atoms with Crippen LogP contribution < -0.4 is 4.90 Å². The van der Waals surface area contributed by atoms with Gasteiger partial charge in [-0.05, 0) is 56.0 Å². The third kappa shape index (κ3) is 5.81. The molecule has 0 radical (unpaired) electrons. The van der Waals surface area contributed by atoms with Crippen LogP contribution in [0.4, 0.5) is 5.82 Å². The van der Waals surface area contributed by atoms with E-state index >= 15 is 0 Å². The minimum Gasteiger partial charge on any atom is -0.354 e. The molecular formula is C31H35N7O2. The van der Waals surface area contributed by atoms with Crippen LogP contribution in [0.15, 0.2) is 54.7 Å². The summed E-state index contributed by atoms with van der Waals surface area (Å²) < 4.78 is 0. The number of hydrogen-bond acceptors (Lipinski definition) is 7. The first-order valence-electron chi connectivity index (χ1n) is 13.9. The number of rotatable bonds is 4. The molecule has 0 aliphatic carbocycles. The topological polar surface area (TPSA) is 106 Å². The van der Waals surface area contributed by atoms with E-state index in [4.69, 9.17) is 5.26 Å². The number of pyridine rings is 1. The van der Waals surface area contributed by atoms with Crippen LogP contribution in [0, 0.1) is 31.1 Å². The van der Waals surface area contributed by atoms with Crippen molar-refractivity contribution in [3.63, 3.8) is 0 Å². The highest BCUT2D eigenvalue weighted by Gasteiger charge is 2.42. The molecule has 0 N–H and O–H groups in total. The first-order valence-corrected chi connectivity index (χ1v) is 13.9. The number of carbonyl (C=O) groups excluding carboxylic acids is 2. The predicted molar refractivity (Wildman–Crippen MR) is 151 cm³/mol. The number of carbonyl (C=O) groups is 2. The molecule has 9 nitrogen and oxygen atoms in total. The molecule has 5 rings (SSSR count). The second-order valence-electron chi connectivity index (χ2n) is 10.9. The zero-order valence-electron chi connectivity index (χ0n) is 23.3. The van der Waals surface area contributed by atoms with Crippen LogP contribution in [0.1, 0.15) is 59.8 Å². The Morgan fingerprint density at radius 3 is 2.35 bits per heavy atom. The average molecular weight is 538 g/mol. The lowest BCUT2D eigenvalue weighted by Crippen LogP contribution is -2.47. The van der Waals surface area contributed by atoms with Gasteiger partial charge >= 0.3 is 0 Å². The van der Waals surface area contributed by atoms with E-state index in [0.29, 0.717) is 38.5 Å². The molecule has 0 bridgehead atoms. The van der Waals surface area contributed by atoms with Crippen LogP contribution in [-0.4, -0.2) is 69.5 Å². The van der Waals surface area contributed by atoms with Crippen molar-refractivity contribution < 1.29 is 9.59 Å². The normalized spacial score (nSPS) is 21.4. The van der Waals surface area contributed by atoms with Gasteiger partial charge in [0.15, 0.2) is 11.5 Å². The van der Waals surface area contributed by atoms with Crippen LogP contribution in [-0.2, 0) is 9.59 Å². The van der Waals surface area contributed by atoms with Crippen LogP contribution in [0.5, 0.6) is 0 Å². The molecule has 9 heteroatoms. The second-order valence-corrected chi connectivity index (χ2v) is 10.9. The zero-order chi connectivity index (χ0) is 28.2. The number of aromatic nitrogens is 3. The molecule has 1 aromatic carbocycles. The highest BCUT2D eigenvalue weighted by molar-refractivity contribution is 5.82.